The normalized spacial score (nSPS) is 23.8. The van der Waals surface area contributed by atoms with Crippen molar-refractivity contribution in [1.82, 2.24) is 15.0 Å². The molecule has 5 heteroatoms. The second-order valence-electron chi connectivity index (χ2n) is 4.65. The summed E-state index contributed by atoms with van der Waals surface area (Å²) < 4.78 is 10.9. The monoisotopic (exact) mass is 239 g/mol. The molecule has 2 atom stereocenters. The lowest BCUT2D eigenvalue weighted by Gasteiger charge is -2.33. The predicted molar refractivity (Wildman–Crippen MR) is 63.7 cm³/mol. The molecular weight excluding hydrogens is 218 g/mol. The van der Waals surface area contributed by atoms with Gasteiger partial charge in [0.05, 0.1) is 18.8 Å². The van der Waals surface area contributed by atoms with Crippen molar-refractivity contribution in [3.8, 4) is 0 Å². The SMILES string of the molecule is CCCc1noc([C@H](C)N2CCO[C@@H](C)C2)n1. The van der Waals surface area contributed by atoms with Gasteiger partial charge in [-0.2, -0.15) is 4.98 Å². The van der Waals surface area contributed by atoms with Crippen molar-refractivity contribution in [2.24, 2.45) is 0 Å². The molecule has 1 fully saturated rings. The Bertz CT molecular complexity index is 353. The molecule has 1 aromatic heterocycles. The molecule has 0 bridgehead atoms. The molecule has 1 aliphatic heterocycles. The van der Waals surface area contributed by atoms with Gasteiger partial charge in [-0.05, 0) is 20.3 Å². The second kappa shape index (κ2) is 5.60. The third-order valence-electron chi connectivity index (χ3n) is 3.14. The van der Waals surface area contributed by atoms with Gasteiger partial charge in [-0.15, -0.1) is 0 Å². The Hall–Kier alpha value is -0.940. The molecular formula is C12H21N3O2. The maximum absolute atomic E-state index is 5.53. The fourth-order valence-electron chi connectivity index (χ4n) is 2.12. The number of hydrogen-bond acceptors (Lipinski definition) is 5. The van der Waals surface area contributed by atoms with Crippen LogP contribution < -0.4 is 0 Å². The zero-order chi connectivity index (χ0) is 12.3. The number of aromatic nitrogens is 2. The molecule has 2 rings (SSSR count). The molecule has 17 heavy (non-hydrogen) atoms. The van der Waals surface area contributed by atoms with E-state index in [1.165, 1.54) is 0 Å². The Labute approximate surface area is 102 Å². The Kier molecular flexibility index (Phi) is 4.12. The van der Waals surface area contributed by atoms with E-state index in [2.05, 4.69) is 35.8 Å². The van der Waals surface area contributed by atoms with Crippen LogP contribution in [0.2, 0.25) is 0 Å². The first-order chi connectivity index (χ1) is 8.20. The molecule has 0 spiro atoms. The highest BCUT2D eigenvalue weighted by molar-refractivity contribution is 4.93. The van der Waals surface area contributed by atoms with Crippen LogP contribution in [0.5, 0.6) is 0 Å². The quantitative estimate of drug-likeness (QED) is 0.802. The molecule has 0 saturated carbocycles. The first kappa shape index (κ1) is 12.5. The van der Waals surface area contributed by atoms with Gasteiger partial charge in [-0.25, -0.2) is 0 Å². The highest BCUT2D eigenvalue weighted by Gasteiger charge is 2.25. The van der Waals surface area contributed by atoms with Crippen LogP contribution >= 0.6 is 0 Å². The summed E-state index contributed by atoms with van der Waals surface area (Å²) in [4.78, 5) is 6.77. The molecule has 1 saturated heterocycles. The Balaban J connectivity index is 1.99. The minimum Gasteiger partial charge on any atom is -0.376 e. The van der Waals surface area contributed by atoms with Crippen LogP contribution in [0.15, 0.2) is 4.52 Å². The molecule has 0 unspecified atom stereocenters. The second-order valence-corrected chi connectivity index (χ2v) is 4.65. The van der Waals surface area contributed by atoms with Crippen LogP contribution in [0.3, 0.4) is 0 Å². The average Bonchev–Trinajstić information content (AvgIpc) is 2.77. The van der Waals surface area contributed by atoms with Gasteiger partial charge in [-0.1, -0.05) is 12.1 Å². The zero-order valence-corrected chi connectivity index (χ0v) is 10.8. The average molecular weight is 239 g/mol. The lowest BCUT2D eigenvalue weighted by molar-refractivity contribution is -0.0361. The first-order valence-corrected chi connectivity index (χ1v) is 6.38. The highest BCUT2D eigenvalue weighted by Crippen LogP contribution is 2.21. The topological polar surface area (TPSA) is 51.4 Å². The summed E-state index contributed by atoms with van der Waals surface area (Å²) in [5, 5.41) is 4.00. The number of nitrogens with zero attached hydrogens (tertiary/aromatic N) is 3. The maximum atomic E-state index is 5.53. The lowest BCUT2D eigenvalue weighted by Crippen LogP contribution is -2.42. The van der Waals surface area contributed by atoms with Gasteiger partial charge in [-0.3, -0.25) is 4.90 Å². The minimum atomic E-state index is 0.180. The molecule has 2 heterocycles. The molecule has 1 aliphatic rings. The largest absolute Gasteiger partial charge is 0.376 e. The van der Waals surface area contributed by atoms with Crippen LogP contribution in [0, 0.1) is 0 Å². The summed E-state index contributed by atoms with van der Waals surface area (Å²) in [7, 11) is 0. The number of rotatable bonds is 4. The van der Waals surface area contributed by atoms with E-state index in [9.17, 15) is 0 Å². The van der Waals surface area contributed by atoms with Gasteiger partial charge in [0.1, 0.15) is 0 Å². The van der Waals surface area contributed by atoms with Gasteiger partial charge in [0.2, 0.25) is 5.89 Å². The van der Waals surface area contributed by atoms with Crippen LogP contribution in [0.1, 0.15) is 44.9 Å². The van der Waals surface area contributed by atoms with Gasteiger partial charge < -0.3 is 9.26 Å². The predicted octanol–water partition coefficient (Wildman–Crippen LogP) is 1.80. The molecule has 0 aromatic carbocycles. The van der Waals surface area contributed by atoms with Crippen molar-refractivity contribution >= 4 is 0 Å². The van der Waals surface area contributed by atoms with E-state index >= 15 is 0 Å². The van der Waals surface area contributed by atoms with Gasteiger partial charge >= 0.3 is 0 Å². The van der Waals surface area contributed by atoms with Crippen molar-refractivity contribution in [2.45, 2.75) is 45.8 Å². The minimum absolute atomic E-state index is 0.180. The summed E-state index contributed by atoms with van der Waals surface area (Å²) in [6, 6.07) is 0.180. The van der Waals surface area contributed by atoms with E-state index in [4.69, 9.17) is 9.26 Å². The number of aryl methyl sites for hydroxylation is 1. The van der Waals surface area contributed by atoms with Crippen molar-refractivity contribution in [3.63, 3.8) is 0 Å². The summed E-state index contributed by atoms with van der Waals surface area (Å²) in [6.45, 7) is 8.95. The smallest absolute Gasteiger partial charge is 0.243 e. The third kappa shape index (κ3) is 3.04. The number of hydrogen-bond donors (Lipinski definition) is 0. The van der Waals surface area contributed by atoms with Crippen LogP contribution in [0.25, 0.3) is 0 Å². The van der Waals surface area contributed by atoms with Gasteiger partial charge in [0.15, 0.2) is 5.82 Å². The number of ether oxygens (including phenoxy) is 1. The van der Waals surface area contributed by atoms with Crippen LogP contribution in [-0.4, -0.2) is 40.8 Å². The molecule has 5 nitrogen and oxygen atoms in total. The van der Waals surface area contributed by atoms with Crippen LogP contribution in [0.4, 0.5) is 0 Å². The third-order valence-corrected chi connectivity index (χ3v) is 3.14. The molecule has 0 N–H and O–H groups in total. The van der Waals surface area contributed by atoms with E-state index in [1.807, 2.05) is 0 Å². The maximum Gasteiger partial charge on any atom is 0.243 e. The van der Waals surface area contributed by atoms with E-state index in [0.29, 0.717) is 0 Å². The van der Waals surface area contributed by atoms with Crippen molar-refractivity contribution in [3.05, 3.63) is 11.7 Å². The van der Waals surface area contributed by atoms with Crippen molar-refractivity contribution < 1.29 is 9.26 Å². The molecule has 0 radical (unpaired) electrons. The Morgan fingerprint density at radius 2 is 2.35 bits per heavy atom. The van der Waals surface area contributed by atoms with E-state index in [1.54, 1.807) is 0 Å². The lowest BCUT2D eigenvalue weighted by atomic mass is 10.2. The standard InChI is InChI=1S/C12H21N3O2/c1-4-5-11-13-12(17-14-11)10(3)15-6-7-16-9(2)8-15/h9-10H,4-8H2,1-3H3/t9-,10-/m0/s1. The Morgan fingerprint density at radius 3 is 3.06 bits per heavy atom. The highest BCUT2D eigenvalue weighted by atomic mass is 16.5. The summed E-state index contributed by atoms with van der Waals surface area (Å²) in [5.41, 5.74) is 0. The fourth-order valence-corrected chi connectivity index (χ4v) is 2.12. The van der Waals surface area contributed by atoms with E-state index in [-0.39, 0.29) is 12.1 Å². The summed E-state index contributed by atoms with van der Waals surface area (Å²) in [6.07, 6.45) is 2.21. The van der Waals surface area contributed by atoms with E-state index in [0.717, 1.165) is 44.3 Å². The summed E-state index contributed by atoms with van der Waals surface area (Å²) >= 11 is 0. The van der Waals surface area contributed by atoms with Gasteiger partial charge in [0.25, 0.3) is 0 Å². The van der Waals surface area contributed by atoms with Crippen molar-refractivity contribution in [2.75, 3.05) is 19.7 Å². The molecule has 1 aromatic rings. The Morgan fingerprint density at radius 1 is 1.53 bits per heavy atom. The fraction of sp³-hybridized carbons (Fsp3) is 0.833. The zero-order valence-electron chi connectivity index (χ0n) is 10.8. The van der Waals surface area contributed by atoms with E-state index < -0.39 is 0 Å². The molecule has 96 valence electrons. The molecule has 0 amide bonds. The van der Waals surface area contributed by atoms with Crippen LogP contribution in [-0.2, 0) is 11.2 Å². The molecule has 0 aliphatic carbocycles. The first-order valence-electron chi connectivity index (χ1n) is 6.38. The van der Waals surface area contributed by atoms with Gasteiger partial charge in [0, 0.05) is 19.5 Å². The number of morpholine rings is 1. The van der Waals surface area contributed by atoms with Crippen molar-refractivity contribution in [1.29, 1.82) is 0 Å². The summed E-state index contributed by atoms with van der Waals surface area (Å²) in [5.74, 6) is 1.54.